The number of nitrogens with one attached hydrogen (secondary N) is 2. The van der Waals surface area contributed by atoms with Gasteiger partial charge in [0.2, 0.25) is 0 Å². The number of para-hydroxylation sites is 1. The number of rotatable bonds is 6. The summed E-state index contributed by atoms with van der Waals surface area (Å²) in [5.74, 6) is 0.692. The molecule has 0 fully saturated rings. The monoisotopic (exact) mass is 349 g/mol. The van der Waals surface area contributed by atoms with Crippen LogP contribution >= 0.6 is 0 Å². The molecule has 0 aliphatic heterocycles. The molecule has 26 heavy (non-hydrogen) atoms. The number of carbonyl (C=O) groups is 1. The molecule has 1 aromatic carbocycles. The van der Waals surface area contributed by atoms with Crippen LogP contribution in [0.1, 0.15) is 41.4 Å². The number of carbonyl (C=O) groups excluding carboxylic acids is 1. The summed E-state index contributed by atoms with van der Waals surface area (Å²) in [6.07, 6.45) is 3.70. The highest BCUT2D eigenvalue weighted by Gasteiger charge is 2.15. The number of hydrogen-bond acceptors (Lipinski definition) is 4. The van der Waals surface area contributed by atoms with Crippen LogP contribution in [0.5, 0.6) is 0 Å². The first-order valence-corrected chi connectivity index (χ1v) is 8.65. The lowest BCUT2D eigenvalue weighted by molar-refractivity contribution is 0.0963. The van der Waals surface area contributed by atoms with Crippen LogP contribution in [0.25, 0.3) is 5.69 Å². The summed E-state index contributed by atoms with van der Waals surface area (Å²) in [5, 5.41) is 10.7. The molecule has 0 radical (unpaired) electrons. The van der Waals surface area contributed by atoms with Gasteiger partial charge in [0, 0.05) is 31.5 Å². The van der Waals surface area contributed by atoms with Gasteiger partial charge in [-0.1, -0.05) is 32.0 Å². The standard InChI is InChI=1S/C20H23N5O/c1-14(2)18-15(13-25(24-18)16-8-5-4-6-9-16)12-23-19-17(20(26)21-3)10-7-11-22-19/h4-11,13-14H,12H2,1-3H3,(H,21,26)(H,22,23). The van der Waals surface area contributed by atoms with Crippen molar-refractivity contribution in [3.63, 3.8) is 0 Å². The van der Waals surface area contributed by atoms with Crippen LogP contribution in [0.4, 0.5) is 5.82 Å². The smallest absolute Gasteiger partial charge is 0.254 e. The van der Waals surface area contributed by atoms with Gasteiger partial charge in [-0.05, 0) is 30.2 Å². The summed E-state index contributed by atoms with van der Waals surface area (Å²) < 4.78 is 1.89. The highest BCUT2D eigenvalue weighted by Crippen LogP contribution is 2.21. The van der Waals surface area contributed by atoms with E-state index in [1.807, 2.05) is 41.2 Å². The summed E-state index contributed by atoms with van der Waals surface area (Å²) in [6.45, 7) is 4.79. The summed E-state index contributed by atoms with van der Waals surface area (Å²) in [6, 6.07) is 13.5. The highest BCUT2D eigenvalue weighted by molar-refractivity contribution is 5.98. The molecule has 2 N–H and O–H groups in total. The molecule has 1 amide bonds. The Morgan fingerprint density at radius 1 is 1.15 bits per heavy atom. The number of anilines is 1. The van der Waals surface area contributed by atoms with Gasteiger partial charge in [-0.25, -0.2) is 9.67 Å². The molecular formula is C20H23N5O. The van der Waals surface area contributed by atoms with Crippen LogP contribution < -0.4 is 10.6 Å². The lowest BCUT2D eigenvalue weighted by Crippen LogP contribution is -2.20. The Balaban J connectivity index is 1.87. The fraction of sp³-hybridized carbons (Fsp3) is 0.250. The van der Waals surface area contributed by atoms with E-state index in [4.69, 9.17) is 5.10 Å². The molecule has 2 aromatic heterocycles. The molecule has 134 valence electrons. The molecule has 0 unspecified atom stereocenters. The number of nitrogens with zero attached hydrogens (tertiary/aromatic N) is 3. The number of pyridine rings is 1. The first kappa shape index (κ1) is 17.7. The van der Waals surface area contributed by atoms with Crippen LogP contribution in [0.3, 0.4) is 0 Å². The Kier molecular flexibility index (Phi) is 5.31. The molecule has 3 aromatic rings. The van der Waals surface area contributed by atoms with Gasteiger partial charge < -0.3 is 10.6 Å². The third kappa shape index (κ3) is 3.74. The van der Waals surface area contributed by atoms with E-state index in [2.05, 4.69) is 29.5 Å². The van der Waals surface area contributed by atoms with E-state index in [0.717, 1.165) is 16.9 Å². The Morgan fingerprint density at radius 3 is 2.62 bits per heavy atom. The Labute approximate surface area is 153 Å². The molecule has 6 heteroatoms. The fourth-order valence-corrected chi connectivity index (χ4v) is 2.80. The first-order valence-electron chi connectivity index (χ1n) is 8.65. The molecule has 0 aliphatic carbocycles. The minimum absolute atomic E-state index is 0.162. The van der Waals surface area contributed by atoms with Crippen molar-refractivity contribution in [1.29, 1.82) is 0 Å². The lowest BCUT2D eigenvalue weighted by Gasteiger charge is -2.10. The fourth-order valence-electron chi connectivity index (χ4n) is 2.80. The van der Waals surface area contributed by atoms with Crippen LogP contribution in [0.2, 0.25) is 0 Å². The molecule has 2 heterocycles. The van der Waals surface area contributed by atoms with Gasteiger partial charge in [0.15, 0.2) is 0 Å². The van der Waals surface area contributed by atoms with Crippen molar-refractivity contribution in [2.45, 2.75) is 26.3 Å². The highest BCUT2D eigenvalue weighted by atomic mass is 16.1. The van der Waals surface area contributed by atoms with Crippen LogP contribution in [0, 0.1) is 0 Å². The molecule has 0 atom stereocenters. The zero-order chi connectivity index (χ0) is 18.5. The third-order valence-corrected chi connectivity index (χ3v) is 4.12. The topological polar surface area (TPSA) is 71.8 Å². The maximum absolute atomic E-state index is 12.0. The Morgan fingerprint density at radius 2 is 1.92 bits per heavy atom. The zero-order valence-corrected chi connectivity index (χ0v) is 15.2. The normalized spacial score (nSPS) is 10.8. The first-order chi connectivity index (χ1) is 12.6. The van der Waals surface area contributed by atoms with E-state index in [0.29, 0.717) is 23.8 Å². The van der Waals surface area contributed by atoms with Crippen molar-refractivity contribution in [2.75, 3.05) is 12.4 Å². The van der Waals surface area contributed by atoms with Gasteiger partial charge >= 0.3 is 0 Å². The quantitative estimate of drug-likeness (QED) is 0.716. The summed E-state index contributed by atoms with van der Waals surface area (Å²) in [4.78, 5) is 16.3. The van der Waals surface area contributed by atoms with Gasteiger partial charge in [0.1, 0.15) is 5.82 Å². The molecule has 0 aliphatic rings. The maximum atomic E-state index is 12.0. The van der Waals surface area contributed by atoms with E-state index in [-0.39, 0.29) is 5.91 Å². The number of aromatic nitrogens is 3. The van der Waals surface area contributed by atoms with Crippen molar-refractivity contribution >= 4 is 11.7 Å². The van der Waals surface area contributed by atoms with Crippen LogP contribution in [-0.4, -0.2) is 27.7 Å². The molecular weight excluding hydrogens is 326 g/mol. The largest absolute Gasteiger partial charge is 0.365 e. The second-order valence-corrected chi connectivity index (χ2v) is 6.31. The Hall–Kier alpha value is -3.15. The van der Waals surface area contributed by atoms with Crippen molar-refractivity contribution in [3.05, 3.63) is 71.7 Å². The molecule has 6 nitrogen and oxygen atoms in total. The van der Waals surface area contributed by atoms with Crippen LogP contribution in [-0.2, 0) is 6.54 Å². The van der Waals surface area contributed by atoms with Gasteiger partial charge in [0.05, 0.1) is 16.9 Å². The van der Waals surface area contributed by atoms with Crippen molar-refractivity contribution in [2.24, 2.45) is 0 Å². The average Bonchev–Trinajstić information content (AvgIpc) is 3.11. The van der Waals surface area contributed by atoms with Gasteiger partial charge in [-0.2, -0.15) is 5.10 Å². The van der Waals surface area contributed by atoms with Crippen molar-refractivity contribution in [1.82, 2.24) is 20.1 Å². The predicted octanol–water partition coefficient (Wildman–Crippen LogP) is 3.36. The molecule has 0 saturated carbocycles. The average molecular weight is 349 g/mol. The van der Waals surface area contributed by atoms with E-state index >= 15 is 0 Å². The number of benzene rings is 1. The van der Waals surface area contributed by atoms with E-state index in [1.54, 1.807) is 25.4 Å². The second kappa shape index (κ2) is 7.82. The minimum Gasteiger partial charge on any atom is -0.365 e. The summed E-state index contributed by atoms with van der Waals surface area (Å²) in [7, 11) is 1.61. The molecule has 0 spiro atoms. The summed E-state index contributed by atoms with van der Waals surface area (Å²) >= 11 is 0. The predicted molar refractivity (Wildman–Crippen MR) is 103 cm³/mol. The SMILES string of the molecule is CNC(=O)c1cccnc1NCc1cn(-c2ccccc2)nc1C(C)C. The third-order valence-electron chi connectivity index (χ3n) is 4.12. The minimum atomic E-state index is -0.162. The molecule has 3 rings (SSSR count). The number of amides is 1. The Bertz CT molecular complexity index is 886. The van der Waals surface area contributed by atoms with E-state index < -0.39 is 0 Å². The van der Waals surface area contributed by atoms with E-state index in [1.165, 1.54) is 0 Å². The van der Waals surface area contributed by atoms with Crippen LogP contribution in [0.15, 0.2) is 54.9 Å². The van der Waals surface area contributed by atoms with E-state index in [9.17, 15) is 4.79 Å². The number of hydrogen-bond donors (Lipinski definition) is 2. The molecule has 0 bridgehead atoms. The molecule has 0 saturated heterocycles. The van der Waals surface area contributed by atoms with Gasteiger partial charge in [0.25, 0.3) is 5.91 Å². The summed E-state index contributed by atoms with van der Waals surface area (Å²) in [5.41, 5.74) is 3.65. The van der Waals surface area contributed by atoms with Gasteiger partial charge in [-0.3, -0.25) is 4.79 Å². The second-order valence-electron chi connectivity index (χ2n) is 6.31. The zero-order valence-electron chi connectivity index (χ0n) is 15.2. The lowest BCUT2D eigenvalue weighted by atomic mass is 10.1. The maximum Gasteiger partial charge on any atom is 0.254 e. The van der Waals surface area contributed by atoms with Crippen molar-refractivity contribution < 1.29 is 4.79 Å². The van der Waals surface area contributed by atoms with Gasteiger partial charge in [-0.15, -0.1) is 0 Å². The van der Waals surface area contributed by atoms with Crippen molar-refractivity contribution in [3.8, 4) is 5.69 Å².